The number of hydrogen-bond donors (Lipinski definition) is 2. The molecule has 0 aromatic heterocycles. The Morgan fingerprint density at radius 3 is 2.62 bits per heavy atom. The first-order valence-corrected chi connectivity index (χ1v) is 9.49. The van der Waals surface area contributed by atoms with Crippen molar-refractivity contribution >= 4 is 5.91 Å². The largest absolute Gasteiger partial charge is 0.490 e. The van der Waals surface area contributed by atoms with E-state index in [4.69, 9.17) is 10.5 Å². The lowest BCUT2D eigenvalue weighted by atomic mass is 9.91. The topological polar surface area (TPSA) is 64.3 Å². The van der Waals surface area contributed by atoms with Crippen LogP contribution in [0, 0.1) is 0 Å². The van der Waals surface area contributed by atoms with Gasteiger partial charge in [-0.3, -0.25) is 4.79 Å². The molecule has 0 unspecified atom stereocenters. The predicted octanol–water partition coefficient (Wildman–Crippen LogP) is 3.33. The Morgan fingerprint density at radius 2 is 1.88 bits per heavy atom. The third-order valence-electron chi connectivity index (χ3n) is 5.28. The predicted molar refractivity (Wildman–Crippen MR) is 96.0 cm³/mol. The number of carbonyl (C=O) groups is 1. The number of ether oxygens (including phenoxy) is 1. The SMILES string of the molecule is NC1CCC(NC(=O)CCc2cccc(OC3CCCC3)c2)CC1. The molecule has 1 amide bonds. The summed E-state index contributed by atoms with van der Waals surface area (Å²) >= 11 is 0. The molecule has 2 fully saturated rings. The molecule has 2 aliphatic carbocycles. The van der Waals surface area contributed by atoms with Gasteiger partial charge < -0.3 is 15.8 Å². The molecule has 0 aliphatic heterocycles. The minimum absolute atomic E-state index is 0.151. The molecule has 0 spiro atoms. The van der Waals surface area contributed by atoms with E-state index in [1.807, 2.05) is 12.1 Å². The summed E-state index contributed by atoms with van der Waals surface area (Å²) in [5, 5.41) is 3.16. The van der Waals surface area contributed by atoms with E-state index in [1.165, 1.54) is 18.4 Å². The molecule has 0 radical (unpaired) electrons. The van der Waals surface area contributed by atoms with Gasteiger partial charge in [-0.15, -0.1) is 0 Å². The standard InChI is InChI=1S/C20H30N2O2/c21-16-9-11-17(12-10-16)22-20(23)13-8-15-4-3-7-19(14-15)24-18-5-1-2-6-18/h3-4,7,14,16-18H,1-2,5-6,8-13,21H2,(H,22,23). The normalized spacial score (nSPS) is 24.7. The zero-order valence-electron chi connectivity index (χ0n) is 14.5. The van der Waals surface area contributed by atoms with Crippen LogP contribution in [0.4, 0.5) is 0 Å². The van der Waals surface area contributed by atoms with Crippen molar-refractivity contribution in [1.29, 1.82) is 0 Å². The van der Waals surface area contributed by atoms with Gasteiger partial charge in [-0.05, 0) is 75.5 Å². The van der Waals surface area contributed by atoms with Crippen LogP contribution >= 0.6 is 0 Å². The highest BCUT2D eigenvalue weighted by Crippen LogP contribution is 2.25. The van der Waals surface area contributed by atoms with Crippen molar-refractivity contribution in [2.75, 3.05) is 0 Å². The number of aryl methyl sites for hydroxylation is 1. The summed E-state index contributed by atoms with van der Waals surface area (Å²) < 4.78 is 6.04. The fourth-order valence-corrected chi connectivity index (χ4v) is 3.79. The Balaban J connectivity index is 1.43. The van der Waals surface area contributed by atoms with Crippen molar-refractivity contribution in [2.24, 2.45) is 5.73 Å². The lowest BCUT2D eigenvalue weighted by Crippen LogP contribution is -2.40. The third-order valence-corrected chi connectivity index (χ3v) is 5.28. The molecular weight excluding hydrogens is 300 g/mol. The van der Waals surface area contributed by atoms with E-state index in [1.54, 1.807) is 0 Å². The van der Waals surface area contributed by atoms with Crippen LogP contribution in [-0.2, 0) is 11.2 Å². The van der Waals surface area contributed by atoms with Crippen LogP contribution in [0.5, 0.6) is 5.75 Å². The van der Waals surface area contributed by atoms with Gasteiger partial charge in [-0.1, -0.05) is 12.1 Å². The van der Waals surface area contributed by atoms with Crippen LogP contribution in [0.3, 0.4) is 0 Å². The van der Waals surface area contributed by atoms with Gasteiger partial charge in [-0.25, -0.2) is 0 Å². The van der Waals surface area contributed by atoms with Gasteiger partial charge in [0.25, 0.3) is 0 Å². The maximum Gasteiger partial charge on any atom is 0.220 e. The van der Waals surface area contributed by atoms with E-state index in [-0.39, 0.29) is 5.91 Å². The van der Waals surface area contributed by atoms with Crippen molar-refractivity contribution in [3.63, 3.8) is 0 Å². The van der Waals surface area contributed by atoms with Gasteiger partial charge in [0, 0.05) is 18.5 Å². The van der Waals surface area contributed by atoms with Crippen LogP contribution in [0.2, 0.25) is 0 Å². The van der Waals surface area contributed by atoms with Crippen molar-refractivity contribution in [1.82, 2.24) is 5.32 Å². The monoisotopic (exact) mass is 330 g/mol. The summed E-state index contributed by atoms with van der Waals surface area (Å²) in [5.41, 5.74) is 7.08. The fourth-order valence-electron chi connectivity index (χ4n) is 3.79. The second kappa shape index (κ2) is 8.52. The molecule has 3 rings (SSSR count). The van der Waals surface area contributed by atoms with Crippen molar-refractivity contribution < 1.29 is 9.53 Å². The van der Waals surface area contributed by atoms with E-state index in [0.717, 1.165) is 50.7 Å². The Hall–Kier alpha value is -1.55. The molecule has 0 bridgehead atoms. The second-order valence-corrected chi connectivity index (χ2v) is 7.35. The Kier molecular flexibility index (Phi) is 6.13. The highest BCUT2D eigenvalue weighted by molar-refractivity contribution is 5.76. The minimum Gasteiger partial charge on any atom is -0.490 e. The smallest absolute Gasteiger partial charge is 0.220 e. The Morgan fingerprint density at radius 1 is 1.12 bits per heavy atom. The third kappa shape index (κ3) is 5.23. The van der Waals surface area contributed by atoms with E-state index >= 15 is 0 Å². The zero-order valence-corrected chi connectivity index (χ0v) is 14.5. The van der Waals surface area contributed by atoms with Gasteiger partial charge in [0.1, 0.15) is 5.75 Å². The van der Waals surface area contributed by atoms with Gasteiger partial charge in [0.05, 0.1) is 6.10 Å². The molecule has 3 N–H and O–H groups in total. The maximum absolute atomic E-state index is 12.2. The minimum atomic E-state index is 0.151. The molecule has 0 heterocycles. The second-order valence-electron chi connectivity index (χ2n) is 7.35. The number of carbonyl (C=O) groups excluding carboxylic acids is 1. The number of hydrogen-bond acceptors (Lipinski definition) is 3. The average Bonchev–Trinajstić information content (AvgIpc) is 3.08. The average molecular weight is 330 g/mol. The Bertz CT molecular complexity index is 532. The molecule has 1 aromatic carbocycles. The first-order valence-electron chi connectivity index (χ1n) is 9.49. The van der Waals surface area contributed by atoms with Gasteiger partial charge in [0.15, 0.2) is 0 Å². The van der Waals surface area contributed by atoms with Gasteiger partial charge in [-0.2, -0.15) is 0 Å². The van der Waals surface area contributed by atoms with Crippen LogP contribution < -0.4 is 15.8 Å². The molecule has 0 saturated heterocycles. The molecule has 2 aliphatic rings. The Labute approximate surface area is 145 Å². The summed E-state index contributed by atoms with van der Waals surface area (Å²) in [7, 11) is 0. The molecule has 24 heavy (non-hydrogen) atoms. The summed E-state index contributed by atoms with van der Waals surface area (Å²) in [6.07, 6.45) is 10.6. The number of amides is 1. The van der Waals surface area contributed by atoms with Crippen molar-refractivity contribution in [2.45, 2.75) is 82.4 Å². The van der Waals surface area contributed by atoms with Crippen LogP contribution in [0.15, 0.2) is 24.3 Å². The zero-order chi connectivity index (χ0) is 16.8. The van der Waals surface area contributed by atoms with Gasteiger partial charge in [0.2, 0.25) is 5.91 Å². The number of nitrogens with one attached hydrogen (secondary N) is 1. The first-order chi connectivity index (χ1) is 11.7. The lowest BCUT2D eigenvalue weighted by Gasteiger charge is -2.26. The number of rotatable bonds is 6. The molecule has 1 aromatic rings. The molecule has 0 atom stereocenters. The lowest BCUT2D eigenvalue weighted by molar-refractivity contribution is -0.122. The van der Waals surface area contributed by atoms with E-state index < -0.39 is 0 Å². The van der Waals surface area contributed by atoms with Gasteiger partial charge >= 0.3 is 0 Å². The summed E-state index contributed by atoms with van der Waals surface area (Å²) in [6, 6.07) is 8.85. The number of benzene rings is 1. The maximum atomic E-state index is 12.2. The van der Waals surface area contributed by atoms with Crippen LogP contribution in [0.25, 0.3) is 0 Å². The molecule has 2 saturated carbocycles. The molecule has 4 nitrogen and oxygen atoms in total. The van der Waals surface area contributed by atoms with Crippen molar-refractivity contribution in [3.05, 3.63) is 29.8 Å². The van der Waals surface area contributed by atoms with E-state index in [0.29, 0.717) is 24.6 Å². The fraction of sp³-hybridized carbons (Fsp3) is 0.650. The van der Waals surface area contributed by atoms with Crippen LogP contribution in [-0.4, -0.2) is 24.1 Å². The van der Waals surface area contributed by atoms with Crippen LogP contribution in [0.1, 0.15) is 63.4 Å². The highest BCUT2D eigenvalue weighted by Gasteiger charge is 2.20. The summed E-state index contributed by atoms with van der Waals surface area (Å²) in [4.78, 5) is 12.2. The highest BCUT2D eigenvalue weighted by atomic mass is 16.5. The molecular formula is C20H30N2O2. The first kappa shape index (κ1) is 17.3. The van der Waals surface area contributed by atoms with E-state index in [9.17, 15) is 4.79 Å². The quantitative estimate of drug-likeness (QED) is 0.841. The number of nitrogens with two attached hydrogens (primary N) is 1. The molecule has 132 valence electrons. The van der Waals surface area contributed by atoms with E-state index in [2.05, 4.69) is 17.4 Å². The summed E-state index contributed by atoms with van der Waals surface area (Å²) in [5.74, 6) is 1.10. The molecule has 4 heteroatoms. The summed E-state index contributed by atoms with van der Waals surface area (Å²) in [6.45, 7) is 0. The van der Waals surface area contributed by atoms with Crippen molar-refractivity contribution in [3.8, 4) is 5.75 Å².